The van der Waals surface area contributed by atoms with Crippen LogP contribution in [0.15, 0.2) is 51.7 Å². The molecule has 1 fully saturated rings. The maximum Gasteiger partial charge on any atom is 0.459 e. The molecule has 1 saturated heterocycles. The normalized spacial score (nSPS) is 21.9. The van der Waals surface area contributed by atoms with Gasteiger partial charge in [-0.15, -0.1) is 0 Å². The molecule has 0 bridgehead atoms. The van der Waals surface area contributed by atoms with E-state index in [1.165, 1.54) is 37.1 Å². The lowest BCUT2D eigenvalue weighted by Crippen LogP contribution is -2.44. The molecule has 0 spiro atoms. The van der Waals surface area contributed by atoms with Crippen LogP contribution in [0.1, 0.15) is 20.3 Å². The van der Waals surface area contributed by atoms with Crippen molar-refractivity contribution in [2.45, 2.75) is 38.6 Å². The first-order valence-electron chi connectivity index (χ1n) is 11.9. The Morgan fingerprint density at radius 3 is 2.70 bits per heavy atom. The standard InChI is InChI=1S/C25H30N3O8P/c1-15-11-18(34-24(15)28(4)25(31)26-3)14-33-37(32,27-16(2)13-29)36-17-9-10-20-22(12-17)35-21-8-6-5-7-19(21)23(20)30/h5-10,12-13,15-16,18,24H,11,14H2,1-4H3,(H,26,31)(H,27,32)/t15?,16-,18?,24?,37?/m0/s1. The number of hydrogen-bond donors (Lipinski definition) is 2. The molecule has 198 valence electrons. The lowest BCUT2D eigenvalue weighted by Gasteiger charge is -2.27. The van der Waals surface area contributed by atoms with Crippen molar-refractivity contribution in [2.75, 3.05) is 20.7 Å². The van der Waals surface area contributed by atoms with Gasteiger partial charge in [0.15, 0.2) is 0 Å². The molecular formula is C25H30N3O8P. The molecule has 1 aromatic heterocycles. The summed E-state index contributed by atoms with van der Waals surface area (Å²) in [6.45, 7) is 3.35. The lowest BCUT2D eigenvalue weighted by atomic mass is 10.1. The van der Waals surface area contributed by atoms with Gasteiger partial charge in [0.05, 0.1) is 29.5 Å². The summed E-state index contributed by atoms with van der Waals surface area (Å²) in [6, 6.07) is 10.2. The zero-order valence-electron chi connectivity index (χ0n) is 21.0. The van der Waals surface area contributed by atoms with Crippen LogP contribution in [0.4, 0.5) is 4.79 Å². The Hall–Kier alpha value is -3.24. The number of aldehydes is 1. The van der Waals surface area contributed by atoms with Gasteiger partial charge in [0.25, 0.3) is 0 Å². The molecule has 2 aromatic carbocycles. The van der Waals surface area contributed by atoms with Crippen molar-refractivity contribution in [3.05, 3.63) is 52.7 Å². The molecule has 2 heterocycles. The minimum atomic E-state index is -4.07. The van der Waals surface area contributed by atoms with Crippen molar-refractivity contribution < 1.29 is 32.4 Å². The van der Waals surface area contributed by atoms with Crippen LogP contribution >= 0.6 is 7.75 Å². The number of carbonyl (C=O) groups excluding carboxylic acids is 2. The molecule has 0 aliphatic carbocycles. The second-order valence-corrected chi connectivity index (χ2v) is 10.7. The van der Waals surface area contributed by atoms with E-state index in [0.717, 1.165) is 0 Å². The summed E-state index contributed by atoms with van der Waals surface area (Å²) in [6.07, 6.45) is 0.198. The van der Waals surface area contributed by atoms with E-state index in [1.54, 1.807) is 31.3 Å². The van der Waals surface area contributed by atoms with Gasteiger partial charge in [0.1, 0.15) is 29.4 Å². The summed E-state index contributed by atoms with van der Waals surface area (Å²) in [7, 11) is -0.901. The maximum absolute atomic E-state index is 13.6. The molecule has 0 radical (unpaired) electrons. The van der Waals surface area contributed by atoms with E-state index in [2.05, 4.69) is 10.4 Å². The molecule has 4 unspecified atom stereocenters. The van der Waals surface area contributed by atoms with Gasteiger partial charge in [-0.3, -0.25) is 9.32 Å². The first kappa shape index (κ1) is 26.8. The fraction of sp³-hybridized carbons (Fsp3) is 0.400. The van der Waals surface area contributed by atoms with Crippen LogP contribution in [-0.2, 0) is 18.6 Å². The van der Waals surface area contributed by atoms with E-state index >= 15 is 0 Å². The summed E-state index contributed by atoms with van der Waals surface area (Å²) in [5, 5.41) is 5.95. The highest BCUT2D eigenvalue weighted by molar-refractivity contribution is 7.52. The van der Waals surface area contributed by atoms with E-state index in [0.29, 0.717) is 29.1 Å². The molecule has 2 amide bonds. The molecule has 5 atom stereocenters. The molecule has 3 aromatic rings. The fourth-order valence-electron chi connectivity index (χ4n) is 4.32. The summed E-state index contributed by atoms with van der Waals surface area (Å²) in [5.74, 6) is 0.133. The van der Waals surface area contributed by atoms with Gasteiger partial charge in [0, 0.05) is 26.1 Å². The monoisotopic (exact) mass is 531 g/mol. The van der Waals surface area contributed by atoms with Crippen molar-refractivity contribution in [1.82, 2.24) is 15.3 Å². The van der Waals surface area contributed by atoms with Crippen LogP contribution < -0.4 is 20.4 Å². The number of ether oxygens (including phenoxy) is 1. The van der Waals surface area contributed by atoms with Gasteiger partial charge < -0.3 is 28.7 Å². The third-order valence-corrected chi connectivity index (χ3v) is 7.80. The van der Waals surface area contributed by atoms with Crippen LogP contribution in [0.5, 0.6) is 5.75 Å². The lowest BCUT2D eigenvalue weighted by molar-refractivity contribution is -0.109. The van der Waals surface area contributed by atoms with Crippen LogP contribution in [0.3, 0.4) is 0 Å². The average molecular weight is 532 g/mol. The zero-order chi connectivity index (χ0) is 26.7. The number of rotatable bonds is 9. The highest BCUT2D eigenvalue weighted by Crippen LogP contribution is 2.46. The van der Waals surface area contributed by atoms with E-state index in [-0.39, 0.29) is 35.3 Å². The maximum atomic E-state index is 13.6. The fourth-order valence-corrected chi connectivity index (χ4v) is 5.81. The Kier molecular flexibility index (Phi) is 7.99. The molecule has 37 heavy (non-hydrogen) atoms. The smallest absolute Gasteiger partial charge is 0.456 e. The number of para-hydroxylation sites is 1. The van der Waals surface area contributed by atoms with Crippen LogP contribution in [0.2, 0.25) is 0 Å². The van der Waals surface area contributed by atoms with E-state index in [9.17, 15) is 18.9 Å². The molecule has 4 rings (SSSR count). The molecule has 11 nitrogen and oxygen atoms in total. The van der Waals surface area contributed by atoms with Gasteiger partial charge in [-0.1, -0.05) is 19.1 Å². The van der Waals surface area contributed by atoms with Crippen LogP contribution in [0, 0.1) is 5.92 Å². The number of carbonyl (C=O) groups is 2. The predicted molar refractivity (Wildman–Crippen MR) is 137 cm³/mol. The Morgan fingerprint density at radius 1 is 1.24 bits per heavy atom. The summed E-state index contributed by atoms with van der Waals surface area (Å²) >= 11 is 0. The molecule has 1 aliphatic heterocycles. The third kappa shape index (κ3) is 5.86. The quantitative estimate of drug-likeness (QED) is 0.241. The number of benzene rings is 2. The number of fused-ring (bicyclic) bond motifs is 2. The molecule has 0 saturated carbocycles. The number of amides is 2. The van der Waals surface area contributed by atoms with Gasteiger partial charge in [-0.25, -0.2) is 14.4 Å². The van der Waals surface area contributed by atoms with Crippen molar-refractivity contribution in [2.24, 2.45) is 5.92 Å². The summed E-state index contributed by atoms with van der Waals surface area (Å²) in [4.78, 5) is 37.5. The van der Waals surface area contributed by atoms with Gasteiger partial charge >= 0.3 is 13.8 Å². The van der Waals surface area contributed by atoms with Crippen LogP contribution in [0.25, 0.3) is 21.9 Å². The Balaban J connectivity index is 1.54. The van der Waals surface area contributed by atoms with Gasteiger partial charge in [0.2, 0.25) is 5.43 Å². The minimum absolute atomic E-state index is 0.0104. The van der Waals surface area contributed by atoms with Crippen molar-refractivity contribution >= 4 is 42.0 Å². The highest BCUT2D eigenvalue weighted by atomic mass is 31.2. The molecule has 1 aliphatic rings. The first-order valence-corrected chi connectivity index (χ1v) is 13.4. The van der Waals surface area contributed by atoms with E-state index < -0.39 is 26.1 Å². The van der Waals surface area contributed by atoms with Gasteiger partial charge in [-0.05, 0) is 37.6 Å². The number of urea groups is 1. The average Bonchev–Trinajstić information content (AvgIpc) is 3.26. The topological polar surface area (TPSA) is 136 Å². The van der Waals surface area contributed by atoms with Crippen molar-refractivity contribution in [3.63, 3.8) is 0 Å². The van der Waals surface area contributed by atoms with E-state index in [1.807, 2.05) is 6.92 Å². The molecular weight excluding hydrogens is 501 g/mol. The highest BCUT2D eigenvalue weighted by Gasteiger charge is 2.39. The second-order valence-electron chi connectivity index (χ2n) is 9.05. The van der Waals surface area contributed by atoms with Gasteiger partial charge in [-0.2, -0.15) is 0 Å². The number of nitrogens with one attached hydrogen (secondary N) is 2. The van der Waals surface area contributed by atoms with Crippen molar-refractivity contribution in [1.29, 1.82) is 0 Å². The number of hydrogen-bond acceptors (Lipinski definition) is 8. The third-order valence-electron chi connectivity index (χ3n) is 6.14. The van der Waals surface area contributed by atoms with E-state index in [4.69, 9.17) is 18.2 Å². The zero-order valence-corrected chi connectivity index (χ0v) is 21.9. The van der Waals surface area contributed by atoms with Crippen molar-refractivity contribution in [3.8, 4) is 5.75 Å². The Morgan fingerprint density at radius 2 is 1.97 bits per heavy atom. The summed E-state index contributed by atoms with van der Waals surface area (Å²) in [5.41, 5.74) is 0.469. The molecule has 12 heteroatoms. The Labute approximate surface area is 213 Å². The Bertz CT molecular complexity index is 1410. The largest absolute Gasteiger partial charge is 0.459 e. The molecule has 2 N–H and O–H groups in total. The minimum Gasteiger partial charge on any atom is -0.456 e. The predicted octanol–water partition coefficient (Wildman–Crippen LogP) is 3.65. The number of nitrogens with zero attached hydrogens (tertiary/aromatic N) is 1. The second kappa shape index (κ2) is 11.0. The first-order chi connectivity index (χ1) is 17.6. The van der Waals surface area contributed by atoms with Crippen LogP contribution in [-0.4, -0.2) is 56.3 Å². The SMILES string of the molecule is CNC(=O)N(C)C1OC(COP(=O)(N[C@@H](C)C=O)Oc2ccc3c(=O)c4ccccc4oc3c2)CC1C. The summed E-state index contributed by atoms with van der Waals surface area (Å²) < 4.78 is 36.9.